The van der Waals surface area contributed by atoms with Crippen molar-refractivity contribution in [1.29, 1.82) is 0 Å². The van der Waals surface area contributed by atoms with E-state index in [1.165, 1.54) is 63.1 Å². The maximum absolute atomic E-state index is 3.80. The van der Waals surface area contributed by atoms with Crippen LogP contribution in [0.3, 0.4) is 0 Å². The van der Waals surface area contributed by atoms with Crippen molar-refractivity contribution in [2.24, 2.45) is 5.41 Å². The Hall–Kier alpha value is 0.270. The van der Waals surface area contributed by atoms with Gasteiger partial charge in [0.1, 0.15) is 0 Å². The molecule has 0 spiro atoms. The first-order valence-electron chi connectivity index (χ1n) is 8.43. The maximum Gasteiger partial charge on any atom is 0.0191 e. The molecule has 2 rings (SSSR count). The molecule has 1 atom stereocenters. The van der Waals surface area contributed by atoms with Crippen LogP contribution >= 0.6 is 11.8 Å². The van der Waals surface area contributed by atoms with E-state index >= 15 is 0 Å². The van der Waals surface area contributed by atoms with Crippen LogP contribution in [0.1, 0.15) is 59.3 Å². The van der Waals surface area contributed by atoms with Gasteiger partial charge in [-0.1, -0.05) is 19.3 Å². The second-order valence-electron chi connectivity index (χ2n) is 8.10. The van der Waals surface area contributed by atoms with E-state index in [0.29, 0.717) is 5.41 Å². The lowest BCUT2D eigenvalue weighted by Crippen LogP contribution is -2.50. The van der Waals surface area contributed by atoms with Crippen molar-refractivity contribution in [3.63, 3.8) is 0 Å². The summed E-state index contributed by atoms with van der Waals surface area (Å²) in [7, 11) is 2.37. The fourth-order valence-electron chi connectivity index (χ4n) is 3.67. The van der Waals surface area contributed by atoms with Gasteiger partial charge in [0, 0.05) is 30.4 Å². The van der Waals surface area contributed by atoms with Crippen LogP contribution in [0, 0.1) is 5.41 Å². The molecular formula is C17H34N2S. The Morgan fingerprint density at radius 1 is 1.20 bits per heavy atom. The first kappa shape index (κ1) is 16.6. The van der Waals surface area contributed by atoms with Crippen LogP contribution in [0.5, 0.6) is 0 Å². The zero-order chi connectivity index (χ0) is 14.6. The summed E-state index contributed by atoms with van der Waals surface area (Å²) in [6, 6.07) is 0.827. The molecular weight excluding hydrogens is 264 g/mol. The second-order valence-corrected chi connectivity index (χ2v) is 9.25. The third kappa shape index (κ3) is 4.92. The van der Waals surface area contributed by atoms with E-state index in [2.05, 4.69) is 49.8 Å². The molecule has 0 bridgehead atoms. The highest BCUT2D eigenvalue weighted by atomic mass is 32.2. The van der Waals surface area contributed by atoms with Gasteiger partial charge in [-0.25, -0.2) is 0 Å². The quantitative estimate of drug-likeness (QED) is 0.832. The van der Waals surface area contributed by atoms with Crippen LogP contribution in [0.25, 0.3) is 0 Å². The Morgan fingerprint density at radius 3 is 2.45 bits per heavy atom. The minimum Gasteiger partial charge on any atom is -0.311 e. The lowest BCUT2D eigenvalue weighted by Gasteiger charge is -2.43. The highest BCUT2D eigenvalue weighted by Gasteiger charge is 2.35. The molecule has 0 aromatic heterocycles. The molecule has 0 aromatic rings. The normalized spacial score (nSPS) is 27.1. The molecule has 3 heteroatoms. The molecule has 20 heavy (non-hydrogen) atoms. The molecule has 118 valence electrons. The third-order valence-corrected chi connectivity index (χ3v) is 6.17. The van der Waals surface area contributed by atoms with Gasteiger partial charge in [-0.15, -0.1) is 0 Å². The fraction of sp³-hybridized carbons (Fsp3) is 1.00. The SMILES string of the molecule is CN(CC1(CNC(C)(C)C)CCCCC1)C1CCSC1. The molecule has 1 saturated heterocycles. The predicted octanol–water partition coefficient (Wildman–Crippen LogP) is 3.76. The largest absolute Gasteiger partial charge is 0.311 e. The number of rotatable bonds is 5. The lowest BCUT2D eigenvalue weighted by atomic mass is 9.73. The van der Waals surface area contributed by atoms with Crippen LogP contribution in [0.4, 0.5) is 0 Å². The van der Waals surface area contributed by atoms with E-state index in [0.717, 1.165) is 6.04 Å². The van der Waals surface area contributed by atoms with Gasteiger partial charge in [0.15, 0.2) is 0 Å². The summed E-state index contributed by atoms with van der Waals surface area (Å²) < 4.78 is 0. The maximum atomic E-state index is 3.80. The van der Waals surface area contributed by atoms with Gasteiger partial charge in [0.2, 0.25) is 0 Å². The number of thioether (sulfide) groups is 1. The highest BCUT2D eigenvalue weighted by molar-refractivity contribution is 7.99. The van der Waals surface area contributed by atoms with Crippen LogP contribution in [0.15, 0.2) is 0 Å². The average Bonchev–Trinajstić information content (AvgIpc) is 2.91. The summed E-state index contributed by atoms with van der Waals surface area (Å²) in [4.78, 5) is 2.68. The summed E-state index contributed by atoms with van der Waals surface area (Å²) in [5.74, 6) is 2.71. The van der Waals surface area contributed by atoms with E-state index in [1.807, 2.05) is 0 Å². The van der Waals surface area contributed by atoms with Gasteiger partial charge in [0.05, 0.1) is 0 Å². The van der Waals surface area contributed by atoms with Crippen molar-refractivity contribution in [2.75, 3.05) is 31.6 Å². The Morgan fingerprint density at radius 2 is 1.90 bits per heavy atom. The zero-order valence-corrected chi connectivity index (χ0v) is 14.8. The number of nitrogens with zero attached hydrogens (tertiary/aromatic N) is 1. The number of nitrogens with one attached hydrogen (secondary N) is 1. The van der Waals surface area contributed by atoms with Crippen molar-refractivity contribution >= 4 is 11.8 Å². The highest BCUT2D eigenvalue weighted by Crippen LogP contribution is 2.38. The van der Waals surface area contributed by atoms with E-state index in [4.69, 9.17) is 0 Å². The van der Waals surface area contributed by atoms with Crippen LogP contribution < -0.4 is 5.32 Å². The van der Waals surface area contributed by atoms with Gasteiger partial charge in [-0.2, -0.15) is 11.8 Å². The van der Waals surface area contributed by atoms with Crippen LogP contribution in [-0.2, 0) is 0 Å². The second kappa shape index (κ2) is 7.02. The predicted molar refractivity (Wildman–Crippen MR) is 91.6 cm³/mol. The van der Waals surface area contributed by atoms with E-state index in [9.17, 15) is 0 Å². The average molecular weight is 299 g/mol. The van der Waals surface area contributed by atoms with Crippen molar-refractivity contribution < 1.29 is 0 Å². The Balaban J connectivity index is 1.94. The molecule has 1 saturated carbocycles. The Bertz CT molecular complexity index is 286. The topological polar surface area (TPSA) is 15.3 Å². The van der Waals surface area contributed by atoms with Crippen molar-refractivity contribution in [2.45, 2.75) is 70.9 Å². The van der Waals surface area contributed by atoms with Crippen LogP contribution in [-0.4, -0.2) is 48.1 Å². The molecule has 1 unspecified atom stereocenters. The molecule has 1 heterocycles. The summed E-state index contributed by atoms with van der Waals surface area (Å²) in [6.07, 6.45) is 8.53. The summed E-state index contributed by atoms with van der Waals surface area (Å²) in [6.45, 7) is 9.37. The third-order valence-electron chi connectivity index (χ3n) is 5.02. The standard InChI is InChI=1S/C17H34N2S/c1-16(2,3)18-13-17(9-6-5-7-10-17)14-19(4)15-8-11-20-12-15/h15,18H,5-14H2,1-4H3. The van der Waals surface area contributed by atoms with E-state index in [1.54, 1.807) is 0 Å². The van der Waals surface area contributed by atoms with Gasteiger partial charge in [0.25, 0.3) is 0 Å². The molecule has 0 aromatic carbocycles. The summed E-state index contributed by atoms with van der Waals surface area (Å²) in [5.41, 5.74) is 0.764. The fourth-order valence-corrected chi connectivity index (χ4v) is 4.97. The van der Waals surface area contributed by atoms with Crippen LogP contribution in [0.2, 0.25) is 0 Å². The minimum atomic E-state index is 0.242. The first-order chi connectivity index (χ1) is 9.40. The van der Waals surface area contributed by atoms with Gasteiger partial charge < -0.3 is 10.2 Å². The number of hydrogen-bond donors (Lipinski definition) is 1. The van der Waals surface area contributed by atoms with Crippen molar-refractivity contribution in [3.8, 4) is 0 Å². The van der Waals surface area contributed by atoms with Gasteiger partial charge >= 0.3 is 0 Å². The zero-order valence-electron chi connectivity index (χ0n) is 14.0. The minimum absolute atomic E-state index is 0.242. The smallest absolute Gasteiger partial charge is 0.0191 e. The molecule has 1 aliphatic heterocycles. The molecule has 2 aliphatic rings. The monoisotopic (exact) mass is 298 g/mol. The molecule has 2 fully saturated rings. The van der Waals surface area contributed by atoms with E-state index < -0.39 is 0 Å². The molecule has 0 radical (unpaired) electrons. The molecule has 1 aliphatic carbocycles. The Kier molecular flexibility index (Phi) is 5.84. The van der Waals surface area contributed by atoms with E-state index in [-0.39, 0.29) is 5.54 Å². The molecule has 0 amide bonds. The van der Waals surface area contributed by atoms with Crippen molar-refractivity contribution in [3.05, 3.63) is 0 Å². The molecule has 1 N–H and O–H groups in total. The summed E-state index contributed by atoms with van der Waals surface area (Å²) in [5, 5.41) is 3.80. The van der Waals surface area contributed by atoms with Gasteiger partial charge in [-0.05, 0) is 58.2 Å². The van der Waals surface area contributed by atoms with Crippen molar-refractivity contribution in [1.82, 2.24) is 10.2 Å². The molecule has 2 nitrogen and oxygen atoms in total. The first-order valence-corrected chi connectivity index (χ1v) is 9.59. The summed E-state index contributed by atoms with van der Waals surface area (Å²) >= 11 is 2.13. The Labute approximate surface area is 130 Å². The van der Waals surface area contributed by atoms with Gasteiger partial charge in [-0.3, -0.25) is 0 Å². The number of hydrogen-bond acceptors (Lipinski definition) is 3. The lowest BCUT2D eigenvalue weighted by molar-refractivity contribution is 0.0917.